The van der Waals surface area contributed by atoms with Crippen LogP contribution in [0.1, 0.15) is 37.6 Å². The average Bonchev–Trinajstić information content (AvgIpc) is 3.44. The van der Waals surface area contributed by atoms with Crippen LogP contribution in [0.25, 0.3) is 38.1 Å². The van der Waals surface area contributed by atoms with Crippen LogP contribution < -0.4 is 0 Å². The largest absolute Gasteiger partial charge is 0.136 e. The quantitative estimate of drug-likeness (QED) is 0.151. The summed E-state index contributed by atoms with van der Waals surface area (Å²) in [6.07, 6.45) is 10.4. The van der Waals surface area contributed by atoms with Crippen LogP contribution in [0.4, 0.5) is 0 Å². The van der Waals surface area contributed by atoms with E-state index in [4.69, 9.17) is 0 Å². The summed E-state index contributed by atoms with van der Waals surface area (Å²) in [5.41, 5.74) is 7.67. The summed E-state index contributed by atoms with van der Waals surface area (Å²) in [7, 11) is 0. The smallest absolute Gasteiger partial charge is 0.0342 e. The average molecular weight is 545 g/mol. The molecule has 0 aliphatic rings. The highest BCUT2D eigenvalue weighted by molar-refractivity contribution is 8.07. The highest BCUT2D eigenvalue weighted by Gasteiger charge is 2.10. The number of fused-ring (bicyclic) bond motifs is 2. The van der Waals surface area contributed by atoms with Crippen molar-refractivity contribution in [2.24, 2.45) is 0 Å². The SMILES string of the molecule is C=CC(=C)c1ccc(/C=C/C=C(\SC)c2ccc3c(C)c4ccccc4c(C)c3c2)s1.Cc1ccccc1C. The van der Waals surface area contributed by atoms with Gasteiger partial charge in [-0.25, -0.2) is 0 Å². The molecular weight excluding hydrogens is 509 g/mol. The number of allylic oxidation sites excluding steroid dienone is 4. The molecule has 1 heterocycles. The maximum atomic E-state index is 4.03. The van der Waals surface area contributed by atoms with Crippen LogP contribution in [0.15, 0.2) is 110 Å². The van der Waals surface area contributed by atoms with Crippen LogP contribution in [0, 0.1) is 27.7 Å². The van der Waals surface area contributed by atoms with Gasteiger partial charge in [-0.15, -0.1) is 23.1 Å². The second-order valence-electron chi connectivity index (χ2n) is 9.67. The third-order valence-corrected chi connectivity index (χ3v) is 9.13. The monoisotopic (exact) mass is 544 g/mol. The van der Waals surface area contributed by atoms with Crippen molar-refractivity contribution in [3.63, 3.8) is 0 Å². The third-order valence-electron chi connectivity index (χ3n) is 7.19. The van der Waals surface area contributed by atoms with E-state index in [-0.39, 0.29) is 0 Å². The highest BCUT2D eigenvalue weighted by atomic mass is 32.2. The highest BCUT2D eigenvalue weighted by Crippen LogP contribution is 2.35. The summed E-state index contributed by atoms with van der Waals surface area (Å²) >= 11 is 3.51. The molecular formula is C37H36S2. The Morgan fingerprint density at radius 2 is 1.33 bits per heavy atom. The molecule has 1 aromatic heterocycles. The van der Waals surface area contributed by atoms with Gasteiger partial charge in [0.1, 0.15) is 0 Å². The molecule has 0 spiro atoms. The lowest BCUT2D eigenvalue weighted by atomic mass is 9.92. The summed E-state index contributed by atoms with van der Waals surface area (Å²) in [5, 5.41) is 5.36. The number of aryl methyl sites for hydroxylation is 4. The summed E-state index contributed by atoms with van der Waals surface area (Å²) in [6, 6.07) is 28.2. The fourth-order valence-corrected chi connectivity index (χ4v) is 6.12. The zero-order chi connectivity index (χ0) is 27.9. The molecule has 0 fully saturated rings. The second kappa shape index (κ2) is 13.0. The van der Waals surface area contributed by atoms with Crippen molar-refractivity contribution in [1.29, 1.82) is 0 Å². The Morgan fingerprint density at radius 3 is 1.92 bits per heavy atom. The van der Waals surface area contributed by atoms with Gasteiger partial charge in [0.2, 0.25) is 0 Å². The Balaban J connectivity index is 0.000000379. The van der Waals surface area contributed by atoms with Crippen molar-refractivity contribution in [3.05, 3.63) is 148 Å². The molecule has 0 unspecified atom stereocenters. The van der Waals surface area contributed by atoms with Crippen LogP contribution in [-0.4, -0.2) is 6.26 Å². The first-order valence-corrected chi connectivity index (χ1v) is 15.2. The minimum Gasteiger partial charge on any atom is -0.136 e. The molecule has 2 heteroatoms. The third kappa shape index (κ3) is 6.53. The fourth-order valence-electron chi connectivity index (χ4n) is 4.65. The van der Waals surface area contributed by atoms with Crippen LogP contribution in [-0.2, 0) is 0 Å². The van der Waals surface area contributed by atoms with E-state index >= 15 is 0 Å². The molecule has 196 valence electrons. The molecule has 0 amide bonds. The normalized spacial score (nSPS) is 11.6. The molecule has 0 N–H and O–H groups in total. The first kappa shape index (κ1) is 28.4. The Hall–Kier alpha value is -3.59. The summed E-state index contributed by atoms with van der Waals surface area (Å²) in [6.45, 7) is 16.5. The van der Waals surface area contributed by atoms with E-state index in [1.165, 1.54) is 59.1 Å². The predicted molar refractivity (Wildman–Crippen MR) is 181 cm³/mol. The first-order valence-electron chi connectivity index (χ1n) is 13.1. The van der Waals surface area contributed by atoms with Gasteiger partial charge in [0.05, 0.1) is 0 Å². The van der Waals surface area contributed by atoms with Crippen molar-refractivity contribution in [2.45, 2.75) is 27.7 Å². The minimum absolute atomic E-state index is 0.972. The molecule has 0 radical (unpaired) electrons. The Labute approximate surface area is 242 Å². The lowest BCUT2D eigenvalue weighted by molar-refractivity contribution is 1.34. The van der Waals surface area contributed by atoms with E-state index in [1.807, 2.05) is 0 Å². The van der Waals surface area contributed by atoms with E-state index < -0.39 is 0 Å². The van der Waals surface area contributed by atoms with Crippen molar-refractivity contribution < 1.29 is 0 Å². The standard InChI is InChI=1S/C29H26S2.C8H10/c1-6-19(2)28-17-15-23(31-28)10-9-13-29(30-5)22-14-16-26-20(3)24-11-7-8-12-25(24)21(4)27(26)18-22;1-7-5-3-4-6-8(7)2/h6-18H,1-2H2,3-5H3;3-6H,1-2H3/b10-9+,29-13-;. The second-order valence-corrected chi connectivity index (χ2v) is 11.6. The predicted octanol–water partition coefficient (Wildman–Crippen LogP) is 11.6. The zero-order valence-electron chi connectivity index (χ0n) is 23.5. The molecule has 39 heavy (non-hydrogen) atoms. The molecule has 0 atom stereocenters. The Morgan fingerprint density at radius 1 is 0.744 bits per heavy atom. The van der Waals surface area contributed by atoms with Crippen LogP contribution in [0.3, 0.4) is 0 Å². The van der Waals surface area contributed by atoms with Gasteiger partial charge >= 0.3 is 0 Å². The molecule has 0 saturated carbocycles. The minimum atomic E-state index is 0.972. The van der Waals surface area contributed by atoms with E-state index in [9.17, 15) is 0 Å². The number of thioether (sulfide) groups is 1. The number of rotatable bonds is 6. The summed E-state index contributed by atoms with van der Waals surface area (Å²) < 4.78 is 0. The molecule has 0 aliphatic carbocycles. The van der Waals surface area contributed by atoms with Gasteiger partial charge in [-0.2, -0.15) is 0 Å². The van der Waals surface area contributed by atoms with E-state index in [0.717, 1.165) is 10.5 Å². The molecule has 0 nitrogen and oxygen atoms in total. The van der Waals surface area contributed by atoms with Crippen LogP contribution >= 0.6 is 23.1 Å². The number of benzene rings is 4. The molecule has 0 saturated heterocycles. The maximum absolute atomic E-state index is 4.03. The van der Waals surface area contributed by atoms with Gasteiger partial charge in [-0.3, -0.25) is 0 Å². The van der Waals surface area contributed by atoms with Crippen molar-refractivity contribution in [3.8, 4) is 0 Å². The number of hydrogen-bond acceptors (Lipinski definition) is 2. The fraction of sp³-hybridized carbons (Fsp3) is 0.135. The molecule has 4 aromatic carbocycles. The molecule has 0 bridgehead atoms. The topological polar surface area (TPSA) is 0 Å². The van der Waals surface area contributed by atoms with E-state index in [1.54, 1.807) is 29.2 Å². The van der Waals surface area contributed by atoms with Crippen molar-refractivity contribution >= 4 is 61.2 Å². The van der Waals surface area contributed by atoms with Crippen molar-refractivity contribution in [1.82, 2.24) is 0 Å². The summed E-state index contributed by atoms with van der Waals surface area (Å²) in [4.78, 5) is 3.64. The zero-order valence-corrected chi connectivity index (χ0v) is 25.2. The van der Waals surface area contributed by atoms with Gasteiger partial charge in [0, 0.05) is 14.7 Å². The van der Waals surface area contributed by atoms with Crippen LogP contribution in [0.5, 0.6) is 0 Å². The van der Waals surface area contributed by atoms with Gasteiger partial charge < -0.3 is 0 Å². The van der Waals surface area contributed by atoms with Gasteiger partial charge in [0.25, 0.3) is 0 Å². The number of thiophene rings is 1. The molecule has 5 rings (SSSR count). The van der Waals surface area contributed by atoms with Gasteiger partial charge in [-0.1, -0.05) is 86.0 Å². The lowest BCUT2D eigenvalue weighted by Gasteiger charge is -2.14. The Kier molecular flexibility index (Phi) is 9.45. The van der Waals surface area contributed by atoms with Crippen LogP contribution in [0.2, 0.25) is 0 Å². The van der Waals surface area contributed by atoms with E-state index in [2.05, 4.69) is 144 Å². The molecule has 0 aliphatic heterocycles. The van der Waals surface area contributed by atoms with Crippen molar-refractivity contribution in [2.75, 3.05) is 6.26 Å². The maximum Gasteiger partial charge on any atom is 0.0342 e. The lowest BCUT2D eigenvalue weighted by Crippen LogP contribution is -1.90. The van der Waals surface area contributed by atoms with Gasteiger partial charge in [-0.05, 0) is 119 Å². The number of hydrogen-bond donors (Lipinski definition) is 0. The van der Waals surface area contributed by atoms with Gasteiger partial charge in [0.15, 0.2) is 0 Å². The summed E-state index contributed by atoms with van der Waals surface area (Å²) in [5.74, 6) is 0. The molecule has 5 aromatic rings. The van der Waals surface area contributed by atoms with E-state index in [0.29, 0.717) is 0 Å². The Bertz CT molecular complexity index is 1690. The first-order chi connectivity index (χ1) is 18.8.